The molecule has 1 aromatic carbocycles. The maximum Gasteiger partial charge on any atom is 0.387 e. The zero-order chi connectivity index (χ0) is 12.8. The van der Waals surface area contributed by atoms with E-state index in [9.17, 15) is 8.78 Å². The lowest BCUT2D eigenvalue weighted by atomic mass is 10.1. The first kappa shape index (κ1) is 14.0. The van der Waals surface area contributed by atoms with Gasteiger partial charge < -0.3 is 15.2 Å². The Morgan fingerprint density at radius 2 is 2.12 bits per heavy atom. The van der Waals surface area contributed by atoms with Crippen molar-refractivity contribution in [1.82, 2.24) is 0 Å². The van der Waals surface area contributed by atoms with Gasteiger partial charge in [0.2, 0.25) is 0 Å². The minimum atomic E-state index is -2.94. The van der Waals surface area contributed by atoms with E-state index < -0.39 is 6.61 Å². The second-order valence-electron chi connectivity index (χ2n) is 3.26. The molecule has 0 spiro atoms. The summed E-state index contributed by atoms with van der Waals surface area (Å²) in [5.74, 6) is 0.0769. The Balaban J connectivity index is 3.08. The molecule has 0 atom stereocenters. The number of nitrogens with two attached hydrogens (primary N) is 1. The normalized spacial score (nSPS) is 10.7. The largest absolute Gasteiger partial charge is 0.490 e. The first-order valence-corrected chi connectivity index (χ1v) is 5.56. The van der Waals surface area contributed by atoms with Gasteiger partial charge in [0.25, 0.3) is 0 Å². The van der Waals surface area contributed by atoms with E-state index in [0.29, 0.717) is 19.6 Å². The van der Waals surface area contributed by atoms with Crippen LogP contribution >= 0.6 is 11.6 Å². The lowest BCUT2D eigenvalue weighted by Crippen LogP contribution is -2.07. The van der Waals surface area contributed by atoms with Gasteiger partial charge >= 0.3 is 6.61 Å². The fraction of sp³-hybridized carbons (Fsp3) is 0.455. The molecular weight excluding hydrogens is 252 g/mol. The van der Waals surface area contributed by atoms with Crippen molar-refractivity contribution >= 4 is 11.6 Å². The minimum Gasteiger partial charge on any atom is -0.490 e. The number of benzene rings is 1. The van der Waals surface area contributed by atoms with Crippen LogP contribution in [0.25, 0.3) is 0 Å². The molecule has 0 saturated heterocycles. The van der Waals surface area contributed by atoms with Crippen molar-refractivity contribution in [3.63, 3.8) is 0 Å². The molecular formula is C11H14ClF2NO2. The van der Waals surface area contributed by atoms with Gasteiger partial charge in [0.1, 0.15) is 0 Å². The van der Waals surface area contributed by atoms with E-state index in [1.54, 1.807) is 19.1 Å². The molecule has 0 saturated carbocycles. The molecule has 96 valence electrons. The molecule has 0 amide bonds. The van der Waals surface area contributed by atoms with E-state index in [1.807, 2.05) is 0 Å². The third-order valence-electron chi connectivity index (χ3n) is 2.01. The van der Waals surface area contributed by atoms with Crippen molar-refractivity contribution < 1.29 is 18.3 Å². The molecule has 0 fully saturated rings. The van der Waals surface area contributed by atoms with Crippen molar-refractivity contribution in [2.75, 3.05) is 13.2 Å². The Bertz CT molecular complexity index is 375. The van der Waals surface area contributed by atoms with Crippen molar-refractivity contribution in [2.45, 2.75) is 20.0 Å². The van der Waals surface area contributed by atoms with Gasteiger partial charge in [-0.1, -0.05) is 11.6 Å². The number of halogens is 3. The van der Waals surface area contributed by atoms with Gasteiger partial charge in [0.15, 0.2) is 11.5 Å². The molecule has 0 bridgehead atoms. The van der Waals surface area contributed by atoms with E-state index >= 15 is 0 Å². The van der Waals surface area contributed by atoms with Crippen LogP contribution in [0.2, 0.25) is 5.02 Å². The first-order valence-electron chi connectivity index (χ1n) is 5.18. The summed E-state index contributed by atoms with van der Waals surface area (Å²) >= 11 is 5.87. The van der Waals surface area contributed by atoms with E-state index in [2.05, 4.69) is 4.74 Å². The van der Waals surface area contributed by atoms with Crippen molar-refractivity contribution in [3.05, 3.63) is 22.7 Å². The lowest BCUT2D eigenvalue weighted by molar-refractivity contribution is -0.0513. The smallest absolute Gasteiger partial charge is 0.387 e. The van der Waals surface area contributed by atoms with Crippen molar-refractivity contribution in [1.29, 1.82) is 0 Å². The summed E-state index contributed by atoms with van der Waals surface area (Å²) in [6.07, 6.45) is 0.592. The van der Waals surface area contributed by atoms with Crippen LogP contribution in [0.3, 0.4) is 0 Å². The number of rotatable bonds is 6. The third-order valence-corrected chi connectivity index (χ3v) is 2.29. The molecule has 0 heterocycles. The topological polar surface area (TPSA) is 44.5 Å². The Morgan fingerprint density at radius 3 is 2.65 bits per heavy atom. The summed E-state index contributed by atoms with van der Waals surface area (Å²) in [6.45, 7) is -0.415. The minimum absolute atomic E-state index is 0.0969. The average Bonchev–Trinajstić information content (AvgIpc) is 2.23. The zero-order valence-corrected chi connectivity index (χ0v) is 10.1. The summed E-state index contributed by atoms with van der Waals surface area (Å²) in [6, 6.07) is 3.16. The molecule has 3 nitrogen and oxygen atoms in total. The Kier molecular flexibility index (Phi) is 5.44. The maximum absolute atomic E-state index is 12.2. The van der Waals surface area contributed by atoms with Crippen LogP contribution in [0.1, 0.15) is 12.5 Å². The highest BCUT2D eigenvalue weighted by atomic mass is 35.5. The van der Waals surface area contributed by atoms with Crippen LogP contribution < -0.4 is 15.2 Å². The quantitative estimate of drug-likeness (QED) is 0.860. The molecule has 1 rings (SSSR count). The van der Waals surface area contributed by atoms with Gasteiger partial charge in [0, 0.05) is 0 Å². The molecule has 0 aliphatic heterocycles. The molecule has 0 radical (unpaired) electrons. The fourth-order valence-electron chi connectivity index (χ4n) is 1.40. The van der Waals surface area contributed by atoms with Crippen LogP contribution in [0.15, 0.2) is 12.1 Å². The van der Waals surface area contributed by atoms with Gasteiger partial charge in [-0.2, -0.15) is 8.78 Å². The molecule has 0 aromatic heterocycles. The monoisotopic (exact) mass is 265 g/mol. The van der Waals surface area contributed by atoms with Crippen LogP contribution in [-0.4, -0.2) is 19.8 Å². The molecule has 6 heteroatoms. The molecule has 2 N–H and O–H groups in total. The standard InChI is InChI=1S/C11H14ClF2NO2/c1-2-16-9-6-7(3-4-15)5-8(12)10(9)17-11(13)14/h5-6,11H,2-4,15H2,1H3. The lowest BCUT2D eigenvalue weighted by Gasteiger charge is -2.14. The molecule has 17 heavy (non-hydrogen) atoms. The maximum atomic E-state index is 12.2. The molecule has 1 aromatic rings. The second kappa shape index (κ2) is 6.61. The summed E-state index contributed by atoms with van der Waals surface area (Å²) in [7, 11) is 0. The van der Waals surface area contributed by atoms with Crippen LogP contribution in [-0.2, 0) is 6.42 Å². The van der Waals surface area contributed by atoms with E-state index in [0.717, 1.165) is 5.56 Å². The predicted octanol–water partition coefficient (Wildman–Crippen LogP) is 2.84. The number of hydrogen-bond donors (Lipinski definition) is 1. The zero-order valence-electron chi connectivity index (χ0n) is 9.38. The van der Waals surface area contributed by atoms with Gasteiger partial charge in [-0.25, -0.2) is 0 Å². The Labute approximate surface area is 103 Å². The molecule has 0 aliphatic carbocycles. The summed E-state index contributed by atoms with van der Waals surface area (Å²) in [4.78, 5) is 0. The average molecular weight is 266 g/mol. The SMILES string of the molecule is CCOc1cc(CCN)cc(Cl)c1OC(F)F. The second-order valence-corrected chi connectivity index (χ2v) is 3.66. The highest BCUT2D eigenvalue weighted by Gasteiger charge is 2.16. The van der Waals surface area contributed by atoms with Crippen LogP contribution in [0, 0.1) is 0 Å². The molecule has 0 aliphatic rings. The predicted molar refractivity (Wildman–Crippen MR) is 62.0 cm³/mol. The number of alkyl halides is 2. The summed E-state index contributed by atoms with van der Waals surface area (Å²) < 4.78 is 34.0. The highest BCUT2D eigenvalue weighted by Crippen LogP contribution is 2.37. The van der Waals surface area contributed by atoms with Gasteiger partial charge in [-0.15, -0.1) is 0 Å². The Hall–Kier alpha value is -1.07. The van der Waals surface area contributed by atoms with E-state index in [4.69, 9.17) is 22.1 Å². The number of hydrogen-bond acceptors (Lipinski definition) is 3. The van der Waals surface area contributed by atoms with E-state index in [-0.39, 0.29) is 16.5 Å². The Morgan fingerprint density at radius 1 is 1.41 bits per heavy atom. The first-order chi connectivity index (χ1) is 8.08. The van der Waals surface area contributed by atoms with Crippen LogP contribution in [0.5, 0.6) is 11.5 Å². The summed E-state index contributed by atoms with van der Waals surface area (Å²) in [5, 5.41) is 0.0969. The van der Waals surface area contributed by atoms with Crippen LogP contribution in [0.4, 0.5) is 8.78 Å². The van der Waals surface area contributed by atoms with Gasteiger partial charge in [-0.05, 0) is 37.6 Å². The van der Waals surface area contributed by atoms with Gasteiger partial charge in [-0.3, -0.25) is 0 Å². The van der Waals surface area contributed by atoms with Gasteiger partial charge in [0.05, 0.1) is 11.6 Å². The van der Waals surface area contributed by atoms with E-state index in [1.165, 1.54) is 0 Å². The summed E-state index contributed by atoms with van der Waals surface area (Å²) in [5.41, 5.74) is 6.24. The number of ether oxygens (including phenoxy) is 2. The highest BCUT2D eigenvalue weighted by molar-refractivity contribution is 6.32. The van der Waals surface area contributed by atoms with Crippen molar-refractivity contribution in [2.24, 2.45) is 5.73 Å². The fourth-order valence-corrected chi connectivity index (χ4v) is 1.68. The third kappa shape index (κ3) is 4.02. The molecule has 0 unspecified atom stereocenters. The van der Waals surface area contributed by atoms with Crippen molar-refractivity contribution in [3.8, 4) is 11.5 Å².